The number of rotatable bonds is 5. The Hall–Kier alpha value is -2.50. The van der Waals surface area contributed by atoms with Crippen molar-refractivity contribution in [1.29, 1.82) is 5.26 Å². The van der Waals surface area contributed by atoms with Crippen molar-refractivity contribution < 1.29 is 18.7 Å². The zero-order chi connectivity index (χ0) is 22.5. The summed E-state index contributed by atoms with van der Waals surface area (Å²) in [4.78, 5) is 27.3. The van der Waals surface area contributed by atoms with Gasteiger partial charge in [0.05, 0.1) is 12.2 Å². The van der Waals surface area contributed by atoms with E-state index in [0.717, 1.165) is 37.7 Å². The molecule has 0 spiro atoms. The normalized spacial score (nSPS) is 35.9. The van der Waals surface area contributed by atoms with E-state index in [-0.39, 0.29) is 28.8 Å². The van der Waals surface area contributed by atoms with Gasteiger partial charge in [0.15, 0.2) is 0 Å². The molecule has 0 aromatic heterocycles. The second-order valence-electron chi connectivity index (χ2n) is 10.2. The molecule has 4 saturated carbocycles. The second kappa shape index (κ2) is 8.13. The van der Waals surface area contributed by atoms with Crippen LogP contribution in [0.1, 0.15) is 43.2 Å². The lowest BCUT2D eigenvalue weighted by atomic mass is 9.47. The molecule has 1 heterocycles. The fraction of sp³-hybridized carbons (Fsp3) is 0.625. The monoisotopic (exact) mass is 440 g/mol. The molecule has 170 valence electrons. The number of halogens is 1. The standard InChI is InChI=1S/C24H29FN4O3/c25-19-7-14(1-2-16(19)11-26)12-29-3-4-32-20(13-29)22(30)28-21-17-5-15-6-18(21)10-24(8-15,9-17)23(27)31/h1-2,7,15,17-18,20-21H,3-6,8-10,12-13H2,(H2,27,31)(H,28,30). The summed E-state index contributed by atoms with van der Waals surface area (Å²) in [5, 5.41) is 12.2. The van der Waals surface area contributed by atoms with Crippen LogP contribution in [-0.4, -0.2) is 48.6 Å². The average molecular weight is 441 g/mol. The minimum Gasteiger partial charge on any atom is -0.369 e. The lowest BCUT2D eigenvalue weighted by Gasteiger charge is -2.59. The minimum absolute atomic E-state index is 0.0294. The van der Waals surface area contributed by atoms with Gasteiger partial charge >= 0.3 is 0 Å². The van der Waals surface area contributed by atoms with Crippen LogP contribution in [-0.2, 0) is 20.9 Å². The molecule has 1 aromatic rings. The maximum Gasteiger partial charge on any atom is 0.250 e. The van der Waals surface area contributed by atoms with Gasteiger partial charge in [0.1, 0.15) is 18.0 Å². The molecule has 4 aliphatic carbocycles. The molecule has 3 N–H and O–H groups in total. The number of ether oxygens (including phenoxy) is 1. The van der Waals surface area contributed by atoms with Gasteiger partial charge in [0.25, 0.3) is 5.91 Å². The molecule has 0 radical (unpaired) electrons. The minimum atomic E-state index is -0.575. The largest absolute Gasteiger partial charge is 0.369 e. The SMILES string of the molecule is N#Cc1ccc(CN2CCOC(C(=O)NC3C4CC5CC3CC(C(N)=O)(C5)C4)C2)cc1F. The van der Waals surface area contributed by atoms with Gasteiger partial charge in [0.2, 0.25) is 5.91 Å². The van der Waals surface area contributed by atoms with Gasteiger partial charge in [-0.05, 0) is 67.6 Å². The van der Waals surface area contributed by atoms with E-state index in [1.54, 1.807) is 6.07 Å². The van der Waals surface area contributed by atoms with E-state index >= 15 is 0 Å². The quantitative estimate of drug-likeness (QED) is 0.724. The van der Waals surface area contributed by atoms with Crippen molar-refractivity contribution in [2.24, 2.45) is 28.9 Å². The molecule has 1 saturated heterocycles. The first kappa shape index (κ1) is 21.4. The zero-order valence-electron chi connectivity index (χ0n) is 18.1. The Labute approximate surface area is 187 Å². The molecule has 3 unspecified atom stereocenters. The topological polar surface area (TPSA) is 108 Å². The number of morpholine rings is 1. The van der Waals surface area contributed by atoms with Crippen molar-refractivity contribution in [2.75, 3.05) is 19.7 Å². The van der Waals surface area contributed by atoms with Crippen LogP contribution in [0.4, 0.5) is 4.39 Å². The number of nitriles is 1. The van der Waals surface area contributed by atoms with Crippen molar-refractivity contribution in [2.45, 2.75) is 50.8 Å². The Morgan fingerprint density at radius 3 is 2.69 bits per heavy atom. The Morgan fingerprint density at radius 2 is 2.03 bits per heavy atom. The van der Waals surface area contributed by atoms with Gasteiger partial charge in [-0.25, -0.2) is 4.39 Å². The summed E-state index contributed by atoms with van der Waals surface area (Å²) in [6.07, 6.45) is 4.00. The summed E-state index contributed by atoms with van der Waals surface area (Å²) in [6, 6.07) is 6.52. The van der Waals surface area contributed by atoms with Crippen LogP contribution < -0.4 is 11.1 Å². The molecule has 1 aliphatic heterocycles. The van der Waals surface area contributed by atoms with Gasteiger partial charge in [-0.1, -0.05) is 6.07 Å². The molecule has 8 heteroatoms. The highest BCUT2D eigenvalue weighted by Gasteiger charge is 2.58. The number of nitrogens with zero attached hydrogens (tertiary/aromatic N) is 2. The fourth-order valence-electron chi connectivity index (χ4n) is 6.83. The summed E-state index contributed by atoms with van der Waals surface area (Å²) < 4.78 is 19.7. The molecule has 5 aliphatic rings. The smallest absolute Gasteiger partial charge is 0.250 e. The summed E-state index contributed by atoms with van der Waals surface area (Å²) in [5.41, 5.74) is 6.19. The Kier molecular flexibility index (Phi) is 5.42. The maximum absolute atomic E-state index is 13.9. The van der Waals surface area contributed by atoms with E-state index in [4.69, 9.17) is 15.7 Å². The second-order valence-corrected chi connectivity index (χ2v) is 10.2. The first-order chi connectivity index (χ1) is 15.4. The number of carbonyl (C=O) groups excluding carboxylic acids is 2. The molecule has 2 amide bonds. The van der Waals surface area contributed by atoms with Crippen LogP contribution in [0.25, 0.3) is 0 Å². The van der Waals surface area contributed by atoms with Crippen LogP contribution >= 0.6 is 0 Å². The molecule has 3 atom stereocenters. The van der Waals surface area contributed by atoms with E-state index < -0.39 is 11.9 Å². The highest BCUT2D eigenvalue weighted by Crippen LogP contribution is 2.59. The summed E-state index contributed by atoms with van der Waals surface area (Å²) >= 11 is 0. The third-order valence-electron chi connectivity index (χ3n) is 8.11. The van der Waals surface area contributed by atoms with Crippen molar-refractivity contribution >= 4 is 11.8 Å². The first-order valence-corrected chi connectivity index (χ1v) is 11.5. The molecule has 6 rings (SSSR count). The molecule has 7 nitrogen and oxygen atoms in total. The van der Waals surface area contributed by atoms with E-state index in [2.05, 4.69) is 10.2 Å². The van der Waals surface area contributed by atoms with Gasteiger partial charge < -0.3 is 15.8 Å². The highest BCUT2D eigenvalue weighted by molar-refractivity contribution is 5.83. The Balaban J connectivity index is 1.21. The summed E-state index contributed by atoms with van der Waals surface area (Å²) in [7, 11) is 0. The van der Waals surface area contributed by atoms with Crippen molar-refractivity contribution in [3.63, 3.8) is 0 Å². The van der Waals surface area contributed by atoms with E-state index in [1.807, 2.05) is 6.07 Å². The number of nitrogens with one attached hydrogen (secondary N) is 1. The number of benzene rings is 1. The van der Waals surface area contributed by atoms with Crippen molar-refractivity contribution in [3.05, 3.63) is 35.1 Å². The Morgan fingerprint density at radius 1 is 1.28 bits per heavy atom. The summed E-state index contributed by atoms with van der Waals surface area (Å²) in [6.45, 7) is 2.01. The highest BCUT2D eigenvalue weighted by atomic mass is 19.1. The van der Waals surface area contributed by atoms with Crippen LogP contribution in [0, 0.1) is 40.3 Å². The molecule has 5 fully saturated rings. The van der Waals surface area contributed by atoms with E-state index in [0.29, 0.717) is 44.0 Å². The van der Waals surface area contributed by atoms with Gasteiger partial charge in [-0.3, -0.25) is 14.5 Å². The average Bonchev–Trinajstić information content (AvgIpc) is 2.76. The lowest BCUT2D eigenvalue weighted by molar-refractivity contribution is -0.151. The maximum atomic E-state index is 13.9. The number of carbonyl (C=O) groups is 2. The number of hydrogen-bond acceptors (Lipinski definition) is 5. The van der Waals surface area contributed by atoms with Gasteiger partial charge in [0, 0.05) is 31.1 Å². The molecule has 4 bridgehead atoms. The van der Waals surface area contributed by atoms with Crippen LogP contribution in [0.3, 0.4) is 0 Å². The number of amides is 2. The molecule has 32 heavy (non-hydrogen) atoms. The number of hydrogen-bond donors (Lipinski definition) is 2. The van der Waals surface area contributed by atoms with Crippen LogP contribution in [0.15, 0.2) is 18.2 Å². The van der Waals surface area contributed by atoms with Crippen LogP contribution in [0.5, 0.6) is 0 Å². The lowest BCUT2D eigenvalue weighted by Crippen LogP contribution is -2.63. The van der Waals surface area contributed by atoms with E-state index in [1.165, 1.54) is 12.1 Å². The predicted octanol–water partition coefficient (Wildman–Crippen LogP) is 1.69. The van der Waals surface area contributed by atoms with Crippen molar-refractivity contribution in [1.82, 2.24) is 10.2 Å². The third kappa shape index (κ3) is 3.78. The number of primary amides is 1. The molecule has 1 aromatic carbocycles. The predicted molar refractivity (Wildman–Crippen MR) is 113 cm³/mol. The van der Waals surface area contributed by atoms with Gasteiger partial charge in [-0.15, -0.1) is 0 Å². The number of nitrogens with two attached hydrogens (primary N) is 1. The first-order valence-electron chi connectivity index (χ1n) is 11.5. The Bertz CT molecular complexity index is 960. The van der Waals surface area contributed by atoms with Gasteiger partial charge in [-0.2, -0.15) is 5.26 Å². The van der Waals surface area contributed by atoms with Crippen molar-refractivity contribution in [3.8, 4) is 6.07 Å². The molecular weight excluding hydrogens is 411 g/mol. The fourth-order valence-corrected chi connectivity index (χ4v) is 6.83. The van der Waals surface area contributed by atoms with Crippen LogP contribution in [0.2, 0.25) is 0 Å². The summed E-state index contributed by atoms with van der Waals surface area (Å²) in [5.74, 6) is 0.349. The molecular formula is C24H29FN4O3. The zero-order valence-corrected chi connectivity index (χ0v) is 18.1. The third-order valence-corrected chi connectivity index (χ3v) is 8.11. The van der Waals surface area contributed by atoms with E-state index in [9.17, 15) is 14.0 Å².